The summed E-state index contributed by atoms with van der Waals surface area (Å²) < 4.78 is 0. The molecule has 2 heterocycles. The zero-order valence-corrected chi connectivity index (χ0v) is 13.1. The molecule has 23 heavy (non-hydrogen) atoms. The van der Waals surface area contributed by atoms with Gasteiger partial charge in [0.2, 0.25) is 0 Å². The Morgan fingerprint density at radius 1 is 1.57 bits per heavy atom. The number of aromatic nitrogens is 1. The summed E-state index contributed by atoms with van der Waals surface area (Å²) in [6.07, 6.45) is 2.85. The molecule has 0 aromatic carbocycles. The third-order valence-corrected chi connectivity index (χ3v) is 4.37. The lowest BCUT2D eigenvalue weighted by molar-refractivity contribution is -0.144. The summed E-state index contributed by atoms with van der Waals surface area (Å²) in [7, 11) is -1.39. The third-order valence-electron chi connectivity index (χ3n) is 4.37. The Morgan fingerprint density at radius 2 is 2.26 bits per heavy atom. The number of rotatable bonds is 6. The van der Waals surface area contributed by atoms with Crippen molar-refractivity contribution >= 4 is 24.6 Å². The summed E-state index contributed by atoms with van der Waals surface area (Å²) in [6.45, 7) is 2.42. The highest BCUT2D eigenvalue weighted by Gasteiger charge is 2.49. The van der Waals surface area contributed by atoms with Crippen LogP contribution in [0.5, 0.6) is 0 Å². The first kappa shape index (κ1) is 17.5. The summed E-state index contributed by atoms with van der Waals surface area (Å²) in [5.74, 6) is -0.849. The van der Waals surface area contributed by atoms with E-state index in [1.807, 2.05) is 6.92 Å². The van der Waals surface area contributed by atoms with Crippen LogP contribution in [0.15, 0.2) is 12.3 Å². The largest absolute Gasteiger partial charge is 0.480 e. The predicted octanol–water partition coefficient (Wildman–Crippen LogP) is -0.556. The van der Waals surface area contributed by atoms with Crippen molar-refractivity contribution in [3.8, 4) is 0 Å². The molecule has 7 N–H and O–H groups in total. The van der Waals surface area contributed by atoms with Crippen LogP contribution in [0.4, 0.5) is 11.5 Å². The molecule has 8 nitrogen and oxygen atoms in total. The molecule has 0 spiro atoms. The lowest BCUT2D eigenvalue weighted by Crippen LogP contribution is -2.54. The second kappa shape index (κ2) is 6.73. The Kier molecular flexibility index (Phi) is 5.13. The number of aryl methyl sites for hydroxylation is 1. The van der Waals surface area contributed by atoms with E-state index in [0.717, 1.165) is 5.56 Å². The van der Waals surface area contributed by atoms with E-state index >= 15 is 0 Å². The average Bonchev–Trinajstić information content (AvgIpc) is 2.77. The first-order valence-corrected chi connectivity index (χ1v) is 7.59. The van der Waals surface area contributed by atoms with Crippen LogP contribution in [0.1, 0.15) is 18.4 Å². The number of carbonyl (C=O) groups is 1. The lowest BCUT2D eigenvalue weighted by atomic mass is 9.78. The molecule has 2 rings (SSSR count). The Morgan fingerprint density at radius 3 is 2.83 bits per heavy atom. The summed E-state index contributed by atoms with van der Waals surface area (Å²) in [4.78, 5) is 17.7. The average molecular weight is 322 g/mol. The molecule has 0 aliphatic carbocycles. The van der Waals surface area contributed by atoms with Crippen molar-refractivity contribution in [2.24, 2.45) is 11.7 Å². The van der Waals surface area contributed by atoms with E-state index in [0.29, 0.717) is 30.9 Å². The van der Waals surface area contributed by atoms with E-state index in [9.17, 15) is 9.90 Å². The van der Waals surface area contributed by atoms with Crippen LogP contribution in [-0.2, 0) is 4.79 Å². The van der Waals surface area contributed by atoms with Crippen molar-refractivity contribution in [2.75, 3.05) is 23.7 Å². The zero-order valence-electron chi connectivity index (χ0n) is 13.1. The minimum atomic E-state index is -1.40. The molecule has 9 heteroatoms. The van der Waals surface area contributed by atoms with Gasteiger partial charge >= 0.3 is 13.1 Å². The minimum absolute atomic E-state index is 0.120. The molecular weight excluding hydrogens is 299 g/mol. The predicted molar refractivity (Wildman–Crippen MR) is 87.9 cm³/mol. The van der Waals surface area contributed by atoms with Crippen molar-refractivity contribution in [2.45, 2.75) is 31.6 Å². The van der Waals surface area contributed by atoms with Gasteiger partial charge in [0.1, 0.15) is 5.54 Å². The Balaban J connectivity index is 2.17. The van der Waals surface area contributed by atoms with E-state index in [-0.39, 0.29) is 18.8 Å². The SMILES string of the molecule is Cc1cnc(N2C[C@H](CCCB(O)O)[C@](N)(C(=O)O)C2)c(N)c1. The van der Waals surface area contributed by atoms with Crippen molar-refractivity contribution in [3.05, 3.63) is 17.8 Å². The van der Waals surface area contributed by atoms with Crippen LogP contribution in [0.3, 0.4) is 0 Å². The van der Waals surface area contributed by atoms with Gasteiger partial charge in [-0.05, 0) is 31.3 Å². The molecule has 1 aliphatic heterocycles. The summed E-state index contributed by atoms with van der Waals surface area (Å²) in [5.41, 5.74) is 12.1. The second-order valence-electron chi connectivity index (χ2n) is 6.26. The maximum atomic E-state index is 11.6. The van der Waals surface area contributed by atoms with E-state index in [1.165, 1.54) is 0 Å². The highest BCUT2D eigenvalue weighted by atomic mass is 16.4. The second-order valence-corrected chi connectivity index (χ2v) is 6.26. The van der Waals surface area contributed by atoms with Crippen LogP contribution in [-0.4, -0.2) is 51.9 Å². The monoisotopic (exact) mass is 322 g/mol. The number of hydrogen-bond acceptors (Lipinski definition) is 7. The number of aliphatic carboxylic acids is 1. The van der Waals surface area contributed by atoms with Crippen molar-refractivity contribution < 1.29 is 19.9 Å². The molecule has 0 saturated carbocycles. The van der Waals surface area contributed by atoms with Gasteiger partial charge in [-0.25, -0.2) is 4.98 Å². The number of anilines is 2. The highest BCUT2D eigenvalue weighted by molar-refractivity contribution is 6.40. The van der Waals surface area contributed by atoms with E-state index in [1.54, 1.807) is 17.2 Å². The lowest BCUT2D eigenvalue weighted by Gasteiger charge is -2.25. The summed E-state index contributed by atoms with van der Waals surface area (Å²) >= 11 is 0. The van der Waals surface area contributed by atoms with Gasteiger partial charge in [-0.2, -0.15) is 0 Å². The number of pyridine rings is 1. The van der Waals surface area contributed by atoms with Crippen LogP contribution in [0.2, 0.25) is 6.32 Å². The summed E-state index contributed by atoms with van der Waals surface area (Å²) in [6, 6.07) is 1.79. The number of hydrogen-bond donors (Lipinski definition) is 5. The molecule has 0 amide bonds. The topological polar surface area (TPSA) is 146 Å². The molecule has 1 aliphatic rings. The van der Waals surface area contributed by atoms with Crippen molar-refractivity contribution in [3.63, 3.8) is 0 Å². The normalized spacial score (nSPS) is 24.0. The number of nitrogens with zero attached hydrogens (tertiary/aromatic N) is 2. The van der Waals surface area contributed by atoms with Gasteiger partial charge in [-0.3, -0.25) is 4.79 Å². The molecule has 1 aromatic rings. The minimum Gasteiger partial charge on any atom is -0.480 e. The number of nitrogen functional groups attached to an aromatic ring is 1. The molecule has 1 saturated heterocycles. The first-order valence-electron chi connectivity index (χ1n) is 7.59. The molecule has 0 unspecified atom stereocenters. The van der Waals surface area contributed by atoms with Gasteiger partial charge in [0, 0.05) is 25.2 Å². The maximum absolute atomic E-state index is 11.6. The molecule has 1 fully saturated rings. The van der Waals surface area contributed by atoms with Gasteiger partial charge in [-0.1, -0.05) is 6.42 Å². The van der Waals surface area contributed by atoms with Crippen molar-refractivity contribution in [1.82, 2.24) is 4.98 Å². The van der Waals surface area contributed by atoms with Gasteiger partial charge in [-0.15, -0.1) is 0 Å². The smallest absolute Gasteiger partial charge is 0.451 e. The van der Waals surface area contributed by atoms with Gasteiger partial charge in [0.05, 0.1) is 5.69 Å². The van der Waals surface area contributed by atoms with Gasteiger partial charge in [0.15, 0.2) is 5.82 Å². The molecule has 126 valence electrons. The Hall–Kier alpha value is -1.84. The van der Waals surface area contributed by atoms with Crippen LogP contribution in [0.25, 0.3) is 0 Å². The molecule has 1 aromatic heterocycles. The molecular formula is C14H23BN4O4. The fourth-order valence-electron chi connectivity index (χ4n) is 3.09. The third kappa shape index (κ3) is 3.74. The quantitative estimate of drug-likeness (QED) is 0.438. The maximum Gasteiger partial charge on any atom is 0.451 e. The summed E-state index contributed by atoms with van der Waals surface area (Å²) in [5, 5.41) is 27.4. The fraction of sp³-hybridized carbons (Fsp3) is 0.571. The van der Waals surface area contributed by atoms with Gasteiger partial charge in [0.25, 0.3) is 0 Å². The zero-order chi connectivity index (χ0) is 17.2. The molecule has 2 atom stereocenters. The van der Waals surface area contributed by atoms with E-state index in [2.05, 4.69) is 4.98 Å². The number of nitrogens with two attached hydrogens (primary N) is 2. The standard InChI is InChI=1S/C14H23BN4O4/c1-9-5-11(16)12(18-6-9)19-7-10(3-2-4-15(22)23)14(17,8-19)13(20)21/h5-6,10,22-23H,2-4,7-8,16-17H2,1H3,(H,20,21)/t10-,14-/m0/s1. The molecule has 0 radical (unpaired) electrons. The first-order chi connectivity index (χ1) is 10.7. The number of carboxylic acids is 1. The highest BCUT2D eigenvalue weighted by Crippen LogP contribution is 2.35. The van der Waals surface area contributed by atoms with Crippen molar-refractivity contribution in [1.29, 1.82) is 0 Å². The fourth-order valence-corrected chi connectivity index (χ4v) is 3.09. The Bertz CT molecular complexity index is 586. The molecule has 0 bridgehead atoms. The Labute approximate surface area is 135 Å². The number of carboxylic acid groups (broad SMARTS) is 1. The van der Waals surface area contributed by atoms with Crippen LogP contribution >= 0.6 is 0 Å². The van der Waals surface area contributed by atoms with Gasteiger partial charge < -0.3 is 31.5 Å². The van der Waals surface area contributed by atoms with Crippen LogP contribution < -0.4 is 16.4 Å². The van der Waals surface area contributed by atoms with E-state index in [4.69, 9.17) is 21.5 Å². The van der Waals surface area contributed by atoms with Crippen LogP contribution in [0, 0.1) is 12.8 Å². The van der Waals surface area contributed by atoms with E-state index < -0.39 is 18.6 Å².